The second-order valence-corrected chi connectivity index (χ2v) is 5.75. The van der Waals surface area contributed by atoms with Gasteiger partial charge in [0.1, 0.15) is 5.75 Å². The van der Waals surface area contributed by atoms with Crippen LogP contribution in [0.1, 0.15) is 18.1 Å². The van der Waals surface area contributed by atoms with Gasteiger partial charge in [-0.1, -0.05) is 23.8 Å². The minimum absolute atomic E-state index is 0.0472. The van der Waals surface area contributed by atoms with Crippen LogP contribution in [0.15, 0.2) is 48.8 Å². The van der Waals surface area contributed by atoms with E-state index in [1.165, 1.54) is 6.92 Å². The van der Waals surface area contributed by atoms with Crippen molar-refractivity contribution in [2.24, 2.45) is 0 Å². The molecule has 6 nitrogen and oxygen atoms in total. The van der Waals surface area contributed by atoms with Crippen LogP contribution in [0.3, 0.4) is 0 Å². The molecule has 0 radical (unpaired) electrons. The molecule has 0 aliphatic rings. The van der Waals surface area contributed by atoms with E-state index in [1.54, 1.807) is 17.3 Å². The molecule has 0 aliphatic carbocycles. The standard InChI is InChI=1S/C19H23N3O3/c1-15-5-7-18(8-6-15)25-14-19(24)21-10-11-22(16(2)23)13-17-4-3-9-20-12-17/h3-9,12H,10-11,13-14H2,1-2H3,(H,21,24). The van der Waals surface area contributed by atoms with E-state index in [4.69, 9.17) is 4.74 Å². The normalized spacial score (nSPS) is 10.2. The number of aromatic nitrogens is 1. The zero-order chi connectivity index (χ0) is 18.1. The molecule has 0 saturated heterocycles. The fraction of sp³-hybridized carbons (Fsp3) is 0.316. The van der Waals surface area contributed by atoms with E-state index in [0.29, 0.717) is 25.4 Å². The van der Waals surface area contributed by atoms with Crippen LogP contribution in [0.25, 0.3) is 0 Å². The zero-order valence-corrected chi connectivity index (χ0v) is 14.6. The molecular formula is C19H23N3O3. The Balaban J connectivity index is 1.72. The SMILES string of the molecule is CC(=O)N(CCNC(=O)COc1ccc(C)cc1)Cc1cccnc1. The predicted molar refractivity (Wildman–Crippen MR) is 95.0 cm³/mol. The first kappa shape index (κ1) is 18.4. The third-order valence-corrected chi connectivity index (χ3v) is 3.64. The van der Waals surface area contributed by atoms with Gasteiger partial charge in [0.05, 0.1) is 0 Å². The number of ether oxygens (including phenoxy) is 1. The molecule has 1 aromatic heterocycles. The largest absolute Gasteiger partial charge is 0.484 e. The van der Waals surface area contributed by atoms with Crippen molar-refractivity contribution in [1.29, 1.82) is 0 Å². The highest BCUT2D eigenvalue weighted by molar-refractivity contribution is 5.77. The van der Waals surface area contributed by atoms with E-state index in [9.17, 15) is 9.59 Å². The van der Waals surface area contributed by atoms with Gasteiger partial charge in [-0.2, -0.15) is 0 Å². The van der Waals surface area contributed by atoms with Crippen LogP contribution in [-0.2, 0) is 16.1 Å². The van der Waals surface area contributed by atoms with Gasteiger partial charge in [0.2, 0.25) is 5.91 Å². The number of pyridine rings is 1. The van der Waals surface area contributed by atoms with Crippen LogP contribution in [0.5, 0.6) is 5.75 Å². The summed E-state index contributed by atoms with van der Waals surface area (Å²) < 4.78 is 5.42. The summed E-state index contributed by atoms with van der Waals surface area (Å²) in [6.07, 6.45) is 3.42. The maximum atomic E-state index is 11.8. The van der Waals surface area contributed by atoms with Gasteiger partial charge >= 0.3 is 0 Å². The van der Waals surface area contributed by atoms with Gasteiger partial charge in [-0.15, -0.1) is 0 Å². The van der Waals surface area contributed by atoms with Crippen LogP contribution in [0.4, 0.5) is 0 Å². The number of aryl methyl sites for hydroxylation is 1. The van der Waals surface area contributed by atoms with Crippen LogP contribution in [-0.4, -0.2) is 41.4 Å². The van der Waals surface area contributed by atoms with Crippen LogP contribution < -0.4 is 10.1 Å². The summed E-state index contributed by atoms with van der Waals surface area (Å²) in [7, 11) is 0. The van der Waals surface area contributed by atoms with E-state index >= 15 is 0 Å². The topological polar surface area (TPSA) is 71.5 Å². The fourth-order valence-corrected chi connectivity index (χ4v) is 2.22. The molecule has 132 valence electrons. The lowest BCUT2D eigenvalue weighted by Gasteiger charge is -2.21. The van der Waals surface area contributed by atoms with E-state index in [1.807, 2.05) is 43.3 Å². The lowest BCUT2D eigenvalue weighted by molar-refractivity contribution is -0.130. The van der Waals surface area contributed by atoms with Crippen molar-refractivity contribution < 1.29 is 14.3 Å². The molecule has 0 fully saturated rings. The molecule has 25 heavy (non-hydrogen) atoms. The number of benzene rings is 1. The number of amides is 2. The molecular weight excluding hydrogens is 318 g/mol. The highest BCUT2D eigenvalue weighted by Gasteiger charge is 2.10. The molecule has 2 rings (SSSR count). The Morgan fingerprint density at radius 2 is 1.96 bits per heavy atom. The first-order valence-electron chi connectivity index (χ1n) is 8.15. The molecule has 0 aliphatic heterocycles. The highest BCUT2D eigenvalue weighted by atomic mass is 16.5. The van der Waals surface area contributed by atoms with Crippen molar-refractivity contribution >= 4 is 11.8 Å². The molecule has 0 spiro atoms. The number of carbonyl (C=O) groups excluding carboxylic acids is 2. The van der Waals surface area contributed by atoms with Gasteiger partial charge in [-0.05, 0) is 30.7 Å². The molecule has 0 unspecified atom stereocenters. The van der Waals surface area contributed by atoms with Crippen molar-refractivity contribution in [3.63, 3.8) is 0 Å². The Morgan fingerprint density at radius 3 is 2.60 bits per heavy atom. The average Bonchev–Trinajstić information content (AvgIpc) is 2.61. The zero-order valence-electron chi connectivity index (χ0n) is 14.6. The van der Waals surface area contributed by atoms with Gasteiger partial charge in [-0.3, -0.25) is 14.6 Å². The lowest BCUT2D eigenvalue weighted by atomic mass is 10.2. The molecule has 0 atom stereocenters. The summed E-state index contributed by atoms with van der Waals surface area (Å²) >= 11 is 0. The molecule has 2 amide bonds. The number of carbonyl (C=O) groups is 2. The summed E-state index contributed by atoms with van der Waals surface area (Å²) in [5.74, 6) is 0.391. The molecule has 6 heteroatoms. The number of hydrogen-bond acceptors (Lipinski definition) is 4. The molecule has 0 saturated carbocycles. The van der Waals surface area contributed by atoms with E-state index < -0.39 is 0 Å². The van der Waals surface area contributed by atoms with Crippen molar-refractivity contribution in [3.8, 4) is 5.75 Å². The Hall–Kier alpha value is -2.89. The minimum Gasteiger partial charge on any atom is -0.484 e. The van der Waals surface area contributed by atoms with E-state index in [2.05, 4.69) is 10.3 Å². The van der Waals surface area contributed by atoms with Gasteiger partial charge in [0.15, 0.2) is 6.61 Å². The highest BCUT2D eigenvalue weighted by Crippen LogP contribution is 2.10. The molecule has 1 heterocycles. The van der Waals surface area contributed by atoms with Gasteiger partial charge in [-0.25, -0.2) is 0 Å². The fourth-order valence-electron chi connectivity index (χ4n) is 2.22. The number of nitrogens with one attached hydrogen (secondary N) is 1. The van der Waals surface area contributed by atoms with Gasteiger partial charge < -0.3 is 15.0 Å². The smallest absolute Gasteiger partial charge is 0.258 e. The monoisotopic (exact) mass is 341 g/mol. The Bertz CT molecular complexity index is 687. The van der Waals surface area contributed by atoms with Crippen molar-refractivity contribution in [2.45, 2.75) is 20.4 Å². The quantitative estimate of drug-likeness (QED) is 0.796. The maximum Gasteiger partial charge on any atom is 0.258 e. The summed E-state index contributed by atoms with van der Waals surface area (Å²) in [6.45, 7) is 4.72. The van der Waals surface area contributed by atoms with Gasteiger partial charge in [0.25, 0.3) is 5.91 Å². The summed E-state index contributed by atoms with van der Waals surface area (Å²) in [5.41, 5.74) is 2.08. The first-order chi connectivity index (χ1) is 12.0. The second kappa shape index (κ2) is 9.42. The van der Waals surface area contributed by atoms with Gasteiger partial charge in [0, 0.05) is 39.0 Å². The number of hydrogen-bond donors (Lipinski definition) is 1. The molecule has 1 aromatic carbocycles. The third-order valence-electron chi connectivity index (χ3n) is 3.64. The molecule has 2 aromatic rings. The lowest BCUT2D eigenvalue weighted by Crippen LogP contribution is -2.38. The van der Waals surface area contributed by atoms with Crippen molar-refractivity contribution in [3.05, 3.63) is 59.9 Å². The molecule has 1 N–H and O–H groups in total. The predicted octanol–water partition coefficient (Wildman–Crippen LogP) is 1.93. The van der Waals surface area contributed by atoms with Crippen LogP contribution in [0.2, 0.25) is 0 Å². The Labute approximate surface area is 147 Å². The maximum absolute atomic E-state index is 11.8. The second-order valence-electron chi connectivity index (χ2n) is 5.75. The van der Waals surface area contributed by atoms with Crippen molar-refractivity contribution in [1.82, 2.24) is 15.2 Å². The third kappa shape index (κ3) is 6.63. The van der Waals surface area contributed by atoms with Crippen molar-refractivity contribution in [2.75, 3.05) is 19.7 Å². The van der Waals surface area contributed by atoms with Crippen LogP contribution in [0, 0.1) is 6.92 Å². The number of nitrogens with zero attached hydrogens (tertiary/aromatic N) is 2. The summed E-state index contributed by atoms with van der Waals surface area (Å²) in [5, 5.41) is 2.76. The number of rotatable bonds is 8. The Morgan fingerprint density at radius 1 is 1.20 bits per heavy atom. The van der Waals surface area contributed by atoms with Crippen LogP contribution >= 0.6 is 0 Å². The minimum atomic E-state index is -0.217. The van der Waals surface area contributed by atoms with E-state index in [-0.39, 0.29) is 18.4 Å². The average molecular weight is 341 g/mol. The Kier molecular flexibility index (Phi) is 6.95. The molecule has 0 bridgehead atoms. The summed E-state index contributed by atoms with van der Waals surface area (Å²) in [6, 6.07) is 11.3. The summed E-state index contributed by atoms with van der Waals surface area (Å²) in [4.78, 5) is 29.3. The first-order valence-corrected chi connectivity index (χ1v) is 8.15. The van der Waals surface area contributed by atoms with E-state index in [0.717, 1.165) is 11.1 Å².